The Labute approximate surface area is 597 Å². The lowest BCUT2D eigenvalue weighted by Gasteiger charge is -2.27. The summed E-state index contributed by atoms with van der Waals surface area (Å²) < 4.78 is 8.60. The first-order valence-electron chi connectivity index (χ1n) is 35.2. The third-order valence-corrected chi connectivity index (χ3v) is 31.6. The molecule has 6 aromatic heterocycles. The summed E-state index contributed by atoms with van der Waals surface area (Å²) in [6.45, 7) is 0. The second-order valence-electron chi connectivity index (χ2n) is 29.7. The average molecular weight is 1380 g/mol. The van der Waals surface area contributed by atoms with E-state index in [9.17, 15) is 0 Å². The molecule has 6 heterocycles. The Morgan fingerprint density at radius 2 is 0.373 bits per heavy atom. The van der Waals surface area contributed by atoms with Gasteiger partial charge in [-0.05, 0) is 183 Å². The van der Waals surface area contributed by atoms with Gasteiger partial charge in [0.05, 0.1) is 0 Å². The maximum absolute atomic E-state index is 2.52. The largest absolute Gasteiger partial charge is 0.143 e. The van der Waals surface area contributed by atoms with Crippen molar-refractivity contribution >= 4 is 376 Å². The van der Waals surface area contributed by atoms with Gasteiger partial charge < -0.3 is 0 Å². The van der Waals surface area contributed by atoms with Crippen LogP contribution in [0.5, 0.6) is 0 Å². The van der Waals surface area contributed by atoms with Crippen molar-refractivity contribution in [2.75, 3.05) is 0 Å². The molecule has 0 saturated heterocycles. The highest BCUT2D eigenvalue weighted by molar-refractivity contribution is 7.22. The zero-order chi connectivity index (χ0) is 64.6. The molecule has 31 rings (SSSR count). The van der Waals surface area contributed by atoms with Crippen molar-refractivity contribution in [1.82, 2.24) is 0 Å². The lowest BCUT2D eigenvalue weighted by molar-refractivity contribution is 1.81. The van der Waals surface area contributed by atoms with Crippen molar-refractivity contribution < 1.29 is 0 Å². The molecule has 0 aliphatic heterocycles. The molecule has 25 aromatic carbocycles. The van der Waals surface area contributed by atoms with Crippen molar-refractivity contribution in [3.63, 3.8) is 0 Å². The topological polar surface area (TPSA) is 0 Å². The van der Waals surface area contributed by atoms with Gasteiger partial charge in [0, 0.05) is 206 Å². The maximum atomic E-state index is 2.52. The van der Waals surface area contributed by atoms with Crippen LogP contribution in [0.2, 0.25) is 0 Å². The lowest BCUT2D eigenvalue weighted by Crippen LogP contribution is -1.98. The van der Waals surface area contributed by atoms with Crippen LogP contribution in [-0.4, -0.2) is 0 Å². The van der Waals surface area contributed by atoms with Gasteiger partial charge in [-0.1, -0.05) is 146 Å². The molecule has 0 radical (unpaired) electrons. The van der Waals surface area contributed by atoms with Crippen LogP contribution in [-0.2, 0) is 0 Å². The fraction of sp³-hybridized carbons (Fsp3) is 0. The number of rotatable bonds is 0. The standard InChI is InChI=1S/C48H18S3.C48H20S3/c1-4-10-22-19(7-1)13-25-28-16-50-47-35-23-11-5-2-9-21(23)15-27-30-18-51-48-36-24-12-6-3-8-20(24)14-26-29-17-49-46-34(22)31(25)40-43(37(28)47)41(33(27)35)45(39(30)48)42(32(26)36)44(40)38(29)46;1-2-8-22-16-29-28(15-21(22)7-1)37-36-27-13-14-49-46(27)30-17-23-9-3-5-11-25(23)34-33-20-51-48-31-18-24-10-4-6-12-26(24)35-32-19-50-47(29)40(32)43(37)44(39(31)35)45(41(33)48)42(36)38(30)34/h1-18H;1-20H. The van der Waals surface area contributed by atoms with E-state index in [0.717, 1.165) is 0 Å². The first-order valence-corrected chi connectivity index (χ1v) is 40.5. The molecule has 0 fully saturated rings. The predicted octanol–water partition coefficient (Wildman–Crippen LogP) is 31.6. The molecule has 31 aromatic rings. The molecule has 0 bridgehead atoms. The zero-order valence-electron chi connectivity index (χ0n) is 53.4. The van der Waals surface area contributed by atoms with Crippen LogP contribution in [0.15, 0.2) is 226 Å². The van der Waals surface area contributed by atoms with Gasteiger partial charge in [-0.2, -0.15) is 0 Å². The molecule has 0 unspecified atom stereocenters. The van der Waals surface area contributed by atoms with Crippen LogP contribution in [0, 0.1) is 0 Å². The van der Waals surface area contributed by atoms with E-state index in [4.69, 9.17) is 0 Å². The van der Waals surface area contributed by atoms with Gasteiger partial charge in [0.25, 0.3) is 0 Å². The summed E-state index contributed by atoms with van der Waals surface area (Å²) in [7, 11) is 0. The molecule has 0 spiro atoms. The Morgan fingerprint density at radius 3 is 0.804 bits per heavy atom. The monoisotopic (exact) mass is 1380 g/mol. The van der Waals surface area contributed by atoms with E-state index in [1.807, 2.05) is 68.0 Å². The Morgan fingerprint density at radius 1 is 0.127 bits per heavy atom. The van der Waals surface area contributed by atoms with E-state index in [2.05, 4.69) is 226 Å². The van der Waals surface area contributed by atoms with Gasteiger partial charge in [-0.25, -0.2) is 0 Å². The van der Waals surface area contributed by atoms with Crippen molar-refractivity contribution in [2.45, 2.75) is 0 Å². The van der Waals surface area contributed by atoms with Gasteiger partial charge in [0.1, 0.15) is 0 Å². The normalized spacial score (nSPS) is 13.7. The van der Waals surface area contributed by atoms with Crippen LogP contribution in [0.1, 0.15) is 0 Å². The lowest BCUT2D eigenvalue weighted by atomic mass is 9.75. The predicted molar refractivity (Wildman–Crippen MR) is 460 cm³/mol. The Balaban J connectivity index is 0.000000109. The van der Waals surface area contributed by atoms with Crippen LogP contribution in [0.3, 0.4) is 0 Å². The molecule has 102 heavy (non-hydrogen) atoms. The number of hydrogen-bond acceptors (Lipinski definition) is 6. The Kier molecular flexibility index (Phi) is 8.30. The highest BCUT2D eigenvalue weighted by Crippen LogP contribution is 2.66. The first kappa shape index (κ1) is 51.1. The van der Waals surface area contributed by atoms with E-state index < -0.39 is 0 Å². The number of benzene rings is 25. The molecule has 0 N–H and O–H groups in total. The molecule has 458 valence electrons. The second-order valence-corrected chi connectivity index (χ2v) is 35.0. The van der Waals surface area contributed by atoms with E-state index in [1.165, 1.54) is 308 Å². The second kappa shape index (κ2) is 16.6. The highest BCUT2D eigenvalue weighted by atomic mass is 32.1. The number of thiophene rings is 6. The number of fused-ring (bicyclic) bond motifs is 27. The molecule has 0 nitrogen and oxygen atoms in total. The van der Waals surface area contributed by atoms with Crippen molar-refractivity contribution in [1.29, 1.82) is 0 Å². The van der Waals surface area contributed by atoms with Crippen molar-refractivity contribution in [3.05, 3.63) is 226 Å². The van der Waals surface area contributed by atoms with Crippen LogP contribution >= 0.6 is 68.0 Å². The maximum Gasteiger partial charge on any atom is 0.0440 e. The van der Waals surface area contributed by atoms with Crippen molar-refractivity contribution in [3.8, 4) is 0 Å². The average Bonchev–Trinajstić information content (AvgIpc) is 1.06. The molecule has 0 saturated carbocycles. The van der Waals surface area contributed by atoms with Gasteiger partial charge in [0.15, 0.2) is 0 Å². The Bertz CT molecular complexity index is 8390. The van der Waals surface area contributed by atoms with Gasteiger partial charge in [-0.15, -0.1) is 68.0 Å². The molecule has 6 heteroatoms. The molecule has 0 aliphatic rings. The SMILES string of the molecule is c1ccc2c(c1)cc1c3csc4c5c6ccccc6cc6c7csc8c9c%10ccccc%10cc%10c%11csc%12c2c1c1c(c34)c(c65)c(c78)c(c%109)c1c%11%12.c1ccc2cc3c(cc2c1)c1scc2c4c5ccccc5cc5c6scc7c8c9ccccc9cc9c%10sccc%10c%10c3c(c21)c(c54)c(c76)c%10c98. The number of hydrogen-bond donors (Lipinski definition) is 0. The first-order chi connectivity index (χ1) is 50.7. The summed E-state index contributed by atoms with van der Waals surface area (Å²) in [5.41, 5.74) is 0. The smallest absolute Gasteiger partial charge is 0.0440 e. The quantitative estimate of drug-likeness (QED) is 0.105. The summed E-state index contributed by atoms with van der Waals surface area (Å²) >= 11 is 11.7. The molecular formula is C96H38S6. The van der Waals surface area contributed by atoms with E-state index >= 15 is 0 Å². The van der Waals surface area contributed by atoms with Crippen molar-refractivity contribution in [2.24, 2.45) is 0 Å². The fourth-order valence-electron chi connectivity index (χ4n) is 22.1. The van der Waals surface area contributed by atoms with E-state index in [1.54, 1.807) is 0 Å². The van der Waals surface area contributed by atoms with Gasteiger partial charge in [0.2, 0.25) is 0 Å². The minimum atomic E-state index is 1.31. The molecule has 0 amide bonds. The summed E-state index contributed by atoms with van der Waals surface area (Å²) in [5.74, 6) is 0. The minimum absolute atomic E-state index is 1.31. The fourth-order valence-corrected chi connectivity index (χ4v) is 28.7. The third kappa shape index (κ3) is 5.24. The summed E-state index contributed by atoms with van der Waals surface area (Å²) in [6.07, 6.45) is 0. The third-order valence-electron chi connectivity index (χ3n) is 25.6. The van der Waals surface area contributed by atoms with Gasteiger partial charge >= 0.3 is 0 Å². The van der Waals surface area contributed by atoms with Crippen LogP contribution in [0.4, 0.5) is 0 Å². The molecule has 0 aliphatic carbocycles. The van der Waals surface area contributed by atoms with Gasteiger partial charge in [-0.3, -0.25) is 0 Å². The van der Waals surface area contributed by atoms with E-state index in [-0.39, 0.29) is 0 Å². The molecule has 0 atom stereocenters. The summed E-state index contributed by atoms with van der Waals surface area (Å²) in [5, 5.41) is 88.8. The molecular weight excluding hydrogens is 1350 g/mol. The summed E-state index contributed by atoms with van der Waals surface area (Å²) in [4.78, 5) is 0. The van der Waals surface area contributed by atoms with Crippen LogP contribution in [0.25, 0.3) is 308 Å². The highest BCUT2D eigenvalue weighted by Gasteiger charge is 2.36. The zero-order valence-corrected chi connectivity index (χ0v) is 58.3. The van der Waals surface area contributed by atoms with E-state index in [0.29, 0.717) is 0 Å². The Hall–Kier alpha value is -11.2. The van der Waals surface area contributed by atoms with Crippen LogP contribution < -0.4 is 0 Å². The summed E-state index contributed by atoms with van der Waals surface area (Å²) in [6, 6.07) is 74.6. The minimum Gasteiger partial charge on any atom is -0.143 e.